The molecule has 1 saturated heterocycles. The zero-order valence-electron chi connectivity index (χ0n) is 8.18. The molecule has 0 aromatic heterocycles. The first kappa shape index (κ1) is 11.9. The Labute approximate surface area is 99.2 Å². The number of hydrogen-bond acceptors (Lipinski definition) is 5. The SMILES string of the molecule is CC1CP1SSOSOCC1CCC1. The quantitative estimate of drug-likeness (QED) is 0.293. The van der Waals surface area contributed by atoms with Gasteiger partial charge in [0.25, 0.3) is 0 Å². The smallest absolute Gasteiger partial charge is 0.172 e. The van der Waals surface area contributed by atoms with Crippen molar-refractivity contribution < 1.29 is 7.81 Å². The summed E-state index contributed by atoms with van der Waals surface area (Å²) in [5.74, 6) is 0.802. The van der Waals surface area contributed by atoms with Gasteiger partial charge in [-0.05, 0) is 48.1 Å². The van der Waals surface area contributed by atoms with Crippen molar-refractivity contribution in [2.24, 2.45) is 5.92 Å². The van der Waals surface area contributed by atoms with E-state index >= 15 is 0 Å². The van der Waals surface area contributed by atoms with E-state index in [0.29, 0.717) is 0 Å². The second-order valence-electron chi connectivity index (χ2n) is 3.81. The molecule has 0 radical (unpaired) electrons. The maximum absolute atomic E-state index is 5.33. The van der Waals surface area contributed by atoms with Crippen molar-refractivity contribution in [1.82, 2.24) is 0 Å². The van der Waals surface area contributed by atoms with Crippen LogP contribution in [-0.2, 0) is 7.81 Å². The molecule has 0 spiro atoms. The summed E-state index contributed by atoms with van der Waals surface area (Å²) in [5, 5.41) is 0. The maximum atomic E-state index is 5.33. The van der Waals surface area contributed by atoms with Crippen LogP contribution in [0.15, 0.2) is 0 Å². The summed E-state index contributed by atoms with van der Waals surface area (Å²) in [5.41, 5.74) is 0.951. The third kappa shape index (κ3) is 4.11. The van der Waals surface area contributed by atoms with Gasteiger partial charge in [0.15, 0.2) is 12.3 Å². The lowest BCUT2D eigenvalue weighted by molar-refractivity contribution is 0.197. The van der Waals surface area contributed by atoms with E-state index in [4.69, 9.17) is 7.81 Å². The molecule has 82 valence electrons. The monoisotopic (exact) mass is 270 g/mol. The molecule has 2 nitrogen and oxygen atoms in total. The van der Waals surface area contributed by atoms with E-state index in [9.17, 15) is 0 Å². The van der Waals surface area contributed by atoms with Crippen LogP contribution in [0, 0.1) is 5.92 Å². The van der Waals surface area contributed by atoms with Crippen LogP contribution in [0.2, 0.25) is 0 Å². The summed E-state index contributed by atoms with van der Waals surface area (Å²) in [6, 6.07) is 0. The van der Waals surface area contributed by atoms with Gasteiger partial charge in [-0.25, -0.2) is 3.63 Å². The predicted octanol–water partition coefficient (Wildman–Crippen LogP) is 4.48. The van der Waals surface area contributed by atoms with E-state index in [1.165, 1.54) is 36.5 Å². The van der Waals surface area contributed by atoms with Crippen LogP contribution < -0.4 is 0 Å². The molecule has 2 unspecified atom stereocenters. The van der Waals surface area contributed by atoms with Gasteiger partial charge in [0, 0.05) is 0 Å². The first-order chi connectivity index (χ1) is 6.86. The summed E-state index contributed by atoms with van der Waals surface area (Å²) in [6.45, 7) is 3.17. The minimum absolute atomic E-state index is 0.249. The minimum Gasteiger partial charge on any atom is -0.290 e. The highest BCUT2D eigenvalue weighted by molar-refractivity contribution is 8.99. The Balaban J connectivity index is 1.33. The molecular weight excluding hydrogens is 255 g/mol. The fourth-order valence-electron chi connectivity index (χ4n) is 1.18. The van der Waals surface area contributed by atoms with Crippen molar-refractivity contribution in [3.05, 3.63) is 0 Å². The van der Waals surface area contributed by atoms with E-state index in [-0.39, 0.29) is 7.12 Å². The highest BCUT2D eigenvalue weighted by Crippen LogP contribution is 2.72. The van der Waals surface area contributed by atoms with Crippen LogP contribution in [0.1, 0.15) is 26.2 Å². The summed E-state index contributed by atoms with van der Waals surface area (Å²) in [4.78, 5) is 0. The number of rotatable bonds is 7. The predicted molar refractivity (Wildman–Crippen MR) is 68.4 cm³/mol. The molecule has 0 amide bonds. The summed E-state index contributed by atoms with van der Waals surface area (Å²) in [7, 11) is 2.14. The average molecular weight is 270 g/mol. The Morgan fingerprint density at radius 3 is 2.79 bits per heavy atom. The summed E-state index contributed by atoms with van der Waals surface area (Å²) in [6.07, 6.45) is 5.47. The second kappa shape index (κ2) is 6.21. The summed E-state index contributed by atoms with van der Waals surface area (Å²) < 4.78 is 10.6. The maximum Gasteiger partial charge on any atom is 0.172 e. The van der Waals surface area contributed by atoms with Crippen molar-refractivity contribution >= 4 is 40.9 Å². The largest absolute Gasteiger partial charge is 0.290 e. The van der Waals surface area contributed by atoms with Gasteiger partial charge in [0.1, 0.15) is 0 Å². The molecule has 1 heterocycles. The lowest BCUT2D eigenvalue weighted by atomic mass is 9.86. The minimum atomic E-state index is 0.249. The van der Waals surface area contributed by atoms with Gasteiger partial charge in [-0.2, -0.15) is 0 Å². The highest BCUT2D eigenvalue weighted by Gasteiger charge is 2.33. The fraction of sp³-hybridized carbons (Fsp3) is 1.00. The Morgan fingerprint density at radius 2 is 2.21 bits per heavy atom. The molecule has 6 heteroatoms. The van der Waals surface area contributed by atoms with Gasteiger partial charge >= 0.3 is 0 Å². The topological polar surface area (TPSA) is 18.5 Å². The van der Waals surface area contributed by atoms with Gasteiger partial charge in [-0.1, -0.05) is 13.3 Å². The molecule has 0 aromatic rings. The van der Waals surface area contributed by atoms with Crippen molar-refractivity contribution in [1.29, 1.82) is 0 Å². The van der Waals surface area contributed by atoms with E-state index < -0.39 is 0 Å². The van der Waals surface area contributed by atoms with Crippen LogP contribution in [-0.4, -0.2) is 18.4 Å². The third-order valence-electron chi connectivity index (χ3n) is 2.56. The van der Waals surface area contributed by atoms with Crippen molar-refractivity contribution in [3.8, 4) is 0 Å². The second-order valence-corrected chi connectivity index (χ2v) is 10.7. The summed E-state index contributed by atoms with van der Waals surface area (Å²) >= 11 is 2.64. The molecule has 2 fully saturated rings. The lowest BCUT2D eigenvalue weighted by Gasteiger charge is -2.23. The Hall–Kier alpha value is 1.40. The Kier molecular flexibility index (Phi) is 5.27. The van der Waals surface area contributed by atoms with E-state index in [1.807, 2.05) is 10.4 Å². The molecule has 1 aliphatic heterocycles. The van der Waals surface area contributed by atoms with Crippen LogP contribution in [0.25, 0.3) is 0 Å². The van der Waals surface area contributed by atoms with Gasteiger partial charge in [-0.15, -0.1) is 0 Å². The fourth-order valence-corrected chi connectivity index (χ4v) is 8.27. The van der Waals surface area contributed by atoms with Crippen molar-refractivity contribution in [3.63, 3.8) is 0 Å². The molecule has 2 aliphatic rings. The molecule has 0 bridgehead atoms. The van der Waals surface area contributed by atoms with Gasteiger partial charge in [-0.3, -0.25) is 4.18 Å². The van der Waals surface area contributed by atoms with Crippen molar-refractivity contribution in [2.75, 3.05) is 12.8 Å². The molecule has 14 heavy (non-hydrogen) atoms. The Bertz CT molecular complexity index is 171. The van der Waals surface area contributed by atoms with Gasteiger partial charge in [0.2, 0.25) is 0 Å². The molecule has 1 aliphatic carbocycles. The van der Waals surface area contributed by atoms with E-state index in [1.54, 1.807) is 0 Å². The molecule has 2 atom stereocenters. The molecule has 0 aromatic carbocycles. The van der Waals surface area contributed by atoms with Crippen LogP contribution in [0.5, 0.6) is 0 Å². The van der Waals surface area contributed by atoms with Gasteiger partial charge in [0.05, 0.1) is 17.7 Å². The Morgan fingerprint density at radius 1 is 1.43 bits per heavy atom. The highest BCUT2D eigenvalue weighted by atomic mass is 33.3. The molecule has 1 saturated carbocycles. The molecule has 2 rings (SSSR count). The van der Waals surface area contributed by atoms with Crippen LogP contribution >= 0.6 is 40.9 Å². The lowest BCUT2D eigenvalue weighted by Crippen LogP contribution is -2.15. The molecule has 0 N–H and O–H groups in total. The standard InChI is InChI=1S/C8H15O2PS3/c1-7-6-11(7)14-13-10-12-9-5-8-3-2-4-8/h7-8H,2-6H2,1H3. The van der Waals surface area contributed by atoms with E-state index in [2.05, 4.69) is 6.92 Å². The first-order valence-electron chi connectivity index (χ1n) is 4.92. The van der Waals surface area contributed by atoms with Crippen LogP contribution in [0.4, 0.5) is 0 Å². The van der Waals surface area contributed by atoms with E-state index in [0.717, 1.165) is 30.5 Å². The van der Waals surface area contributed by atoms with Gasteiger partial charge < -0.3 is 0 Å². The number of hydrogen-bond donors (Lipinski definition) is 0. The molecular formula is C8H15O2PS3. The van der Waals surface area contributed by atoms with Crippen LogP contribution in [0.3, 0.4) is 0 Å². The zero-order valence-corrected chi connectivity index (χ0v) is 11.5. The average Bonchev–Trinajstić information content (AvgIpc) is 2.77. The first-order valence-corrected chi connectivity index (χ1v) is 9.87. The normalized spacial score (nSPS) is 31.5. The van der Waals surface area contributed by atoms with Crippen molar-refractivity contribution in [2.45, 2.75) is 31.8 Å². The third-order valence-corrected chi connectivity index (χ3v) is 10.1. The zero-order chi connectivity index (χ0) is 9.80.